The zero-order chi connectivity index (χ0) is 28.3. The first-order valence-electron chi connectivity index (χ1n) is 13.6. The van der Waals surface area contributed by atoms with E-state index in [1.165, 1.54) is 0 Å². The molecule has 0 bridgehead atoms. The molecule has 3 N–H and O–H groups in total. The molecule has 212 valence electrons. The largest absolute Gasteiger partial charge is 0.394 e. The number of aromatic nitrogens is 2. The number of rotatable bonds is 9. The topological polar surface area (TPSA) is 134 Å². The molecular formula is C29H35N5O5S. The Morgan fingerprint density at radius 2 is 1.88 bits per heavy atom. The number of amides is 2. The summed E-state index contributed by atoms with van der Waals surface area (Å²) in [4.78, 5) is 24.4. The number of nitrogens with zero attached hydrogens (tertiary/aromatic N) is 3. The summed E-state index contributed by atoms with van der Waals surface area (Å²) in [6.45, 7) is 5.43. The fourth-order valence-corrected chi connectivity index (χ4v) is 6.97. The molecule has 1 aliphatic heterocycles. The van der Waals surface area contributed by atoms with E-state index in [1.807, 2.05) is 6.07 Å². The summed E-state index contributed by atoms with van der Waals surface area (Å²) < 4.78 is 32.3. The van der Waals surface area contributed by atoms with E-state index in [1.54, 1.807) is 61.5 Å². The van der Waals surface area contributed by atoms with Crippen molar-refractivity contribution in [2.24, 2.45) is 0 Å². The number of sulfone groups is 1. The first kappa shape index (κ1) is 28.0. The highest BCUT2D eigenvalue weighted by molar-refractivity contribution is 7.92. The van der Waals surface area contributed by atoms with Gasteiger partial charge in [0.1, 0.15) is 10.6 Å². The molecule has 2 atom stereocenters. The number of ether oxygens (including phenoxy) is 1. The van der Waals surface area contributed by atoms with Gasteiger partial charge in [-0.05, 0) is 62.6 Å². The quantitative estimate of drug-likeness (QED) is 0.358. The van der Waals surface area contributed by atoms with E-state index in [9.17, 15) is 13.2 Å². The molecule has 5 rings (SSSR count). The first-order valence-corrected chi connectivity index (χ1v) is 15.1. The molecule has 2 aliphatic rings. The van der Waals surface area contributed by atoms with Gasteiger partial charge < -0.3 is 25.4 Å². The second kappa shape index (κ2) is 11.5. The van der Waals surface area contributed by atoms with Gasteiger partial charge in [0.2, 0.25) is 0 Å². The average Bonchev–Trinajstić information content (AvgIpc) is 3.81. The van der Waals surface area contributed by atoms with Crippen LogP contribution in [0.2, 0.25) is 0 Å². The van der Waals surface area contributed by atoms with Crippen molar-refractivity contribution in [2.45, 2.75) is 54.8 Å². The molecule has 2 heterocycles. The fraction of sp³-hybridized carbons (Fsp3) is 0.414. The van der Waals surface area contributed by atoms with Gasteiger partial charge in [-0.2, -0.15) is 0 Å². The maximum Gasteiger partial charge on any atom is 0.319 e. The number of aliphatic hydroxyl groups is 1. The van der Waals surface area contributed by atoms with Crippen molar-refractivity contribution in [3.05, 3.63) is 66.4 Å². The summed E-state index contributed by atoms with van der Waals surface area (Å²) in [5.41, 5.74) is 1.76. The number of carbonyl (C=O) groups excluding carboxylic acids is 1. The van der Waals surface area contributed by atoms with E-state index in [-0.39, 0.29) is 23.6 Å². The number of benzene rings is 2. The lowest BCUT2D eigenvalue weighted by Crippen LogP contribution is -2.45. The van der Waals surface area contributed by atoms with Crippen LogP contribution in [-0.4, -0.2) is 68.0 Å². The molecule has 1 saturated carbocycles. The summed E-state index contributed by atoms with van der Waals surface area (Å²) in [6, 6.07) is 16.8. The normalized spacial score (nSPS) is 19.1. The van der Waals surface area contributed by atoms with Crippen molar-refractivity contribution in [3.63, 3.8) is 0 Å². The van der Waals surface area contributed by atoms with Crippen LogP contribution < -0.4 is 15.5 Å². The van der Waals surface area contributed by atoms with Gasteiger partial charge in [0.25, 0.3) is 0 Å². The van der Waals surface area contributed by atoms with Gasteiger partial charge in [0, 0.05) is 23.9 Å². The molecule has 0 radical (unpaired) electrons. The van der Waals surface area contributed by atoms with Gasteiger partial charge in [-0.1, -0.05) is 25.1 Å². The Morgan fingerprint density at radius 1 is 1.15 bits per heavy atom. The predicted octanol–water partition coefficient (Wildman–Crippen LogP) is 3.72. The number of nitrogens with one attached hydrogen (secondary N) is 2. The lowest BCUT2D eigenvalue weighted by atomic mass is 10.1. The minimum Gasteiger partial charge on any atom is -0.394 e. The highest BCUT2D eigenvalue weighted by Crippen LogP contribution is 2.55. The summed E-state index contributed by atoms with van der Waals surface area (Å²) in [6.07, 6.45) is 1.84. The van der Waals surface area contributed by atoms with E-state index in [0.29, 0.717) is 61.2 Å². The van der Waals surface area contributed by atoms with Crippen molar-refractivity contribution >= 4 is 27.4 Å². The monoisotopic (exact) mass is 565 g/mol. The Bertz CT molecular complexity index is 1450. The fourth-order valence-electron chi connectivity index (χ4n) is 4.98. The smallest absolute Gasteiger partial charge is 0.319 e. The van der Waals surface area contributed by atoms with Crippen LogP contribution in [0.4, 0.5) is 16.3 Å². The van der Waals surface area contributed by atoms with Crippen LogP contribution in [0.25, 0.3) is 11.4 Å². The Balaban J connectivity index is 1.53. The van der Waals surface area contributed by atoms with E-state index in [2.05, 4.69) is 22.5 Å². The van der Waals surface area contributed by atoms with Gasteiger partial charge in [0.15, 0.2) is 15.7 Å². The Kier molecular flexibility index (Phi) is 8.07. The minimum atomic E-state index is -3.68. The van der Waals surface area contributed by atoms with Crippen LogP contribution in [0.3, 0.4) is 0 Å². The second-order valence-corrected chi connectivity index (χ2v) is 12.6. The summed E-state index contributed by atoms with van der Waals surface area (Å²) >= 11 is 0. The maximum atomic E-state index is 13.9. The number of anilines is 2. The number of morpholine rings is 1. The van der Waals surface area contributed by atoms with Gasteiger partial charge >= 0.3 is 6.03 Å². The molecule has 3 aromatic rings. The number of urea groups is 1. The van der Waals surface area contributed by atoms with E-state index in [4.69, 9.17) is 19.8 Å². The Hall–Kier alpha value is -3.54. The summed E-state index contributed by atoms with van der Waals surface area (Å²) in [5, 5.41) is 14.5. The molecular weight excluding hydrogens is 530 g/mol. The van der Waals surface area contributed by atoms with Crippen molar-refractivity contribution in [3.8, 4) is 11.4 Å². The maximum absolute atomic E-state index is 13.9. The molecule has 2 aromatic carbocycles. The van der Waals surface area contributed by atoms with Gasteiger partial charge in [-0.3, -0.25) is 0 Å². The molecule has 2 fully saturated rings. The first-order chi connectivity index (χ1) is 19.3. The summed E-state index contributed by atoms with van der Waals surface area (Å²) in [7, 11) is -3.68. The predicted molar refractivity (Wildman–Crippen MR) is 153 cm³/mol. The third-order valence-electron chi connectivity index (χ3n) is 7.50. The third kappa shape index (κ3) is 5.54. The molecule has 1 aliphatic carbocycles. The molecule has 0 unspecified atom stereocenters. The molecule has 40 heavy (non-hydrogen) atoms. The van der Waals surface area contributed by atoms with Gasteiger partial charge in [-0.25, -0.2) is 23.2 Å². The highest BCUT2D eigenvalue weighted by atomic mass is 32.2. The lowest BCUT2D eigenvalue weighted by molar-refractivity contribution is 0.0925. The Morgan fingerprint density at radius 3 is 2.52 bits per heavy atom. The van der Waals surface area contributed by atoms with Gasteiger partial charge in [0.05, 0.1) is 42.5 Å². The molecule has 11 heteroatoms. The van der Waals surface area contributed by atoms with E-state index >= 15 is 0 Å². The SMILES string of the molecule is CC[C@H]1COCCN1c1cc(C2(S(=O)(=O)c3ccccc3)CC2)nc(-c2ccc(NC(=O)N[C@@H](C)CO)cc2)n1. The van der Waals surface area contributed by atoms with Crippen molar-refractivity contribution in [1.82, 2.24) is 15.3 Å². The van der Waals surface area contributed by atoms with Crippen LogP contribution in [0.5, 0.6) is 0 Å². The highest BCUT2D eigenvalue weighted by Gasteiger charge is 2.58. The zero-order valence-electron chi connectivity index (χ0n) is 22.7. The van der Waals surface area contributed by atoms with Crippen LogP contribution in [0.15, 0.2) is 65.6 Å². The molecule has 1 saturated heterocycles. The van der Waals surface area contributed by atoms with Crippen molar-refractivity contribution in [2.75, 3.05) is 36.6 Å². The minimum absolute atomic E-state index is 0.122. The van der Waals surface area contributed by atoms with Crippen LogP contribution in [0.1, 0.15) is 38.8 Å². The van der Waals surface area contributed by atoms with Crippen LogP contribution in [0, 0.1) is 0 Å². The molecule has 0 spiro atoms. The van der Waals surface area contributed by atoms with Gasteiger partial charge in [-0.15, -0.1) is 0 Å². The number of carbonyl (C=O) groups is 1. The van der Waals surface area contributed by atoms with Crippen LogP contribution >= 0.6 is 0 Å². The zero-order valence-corrected chi connectivity index (χ0v) is 23.5. The number of hydrogen-bond donors (Lipinski definition) is 3. The average molecular weight is 566 g/mol. The summed E-state index contributed by atoms with van der Waals surface area (Å²) in [5.74, 6) is 1.11. The Labute approximate surface area is 234 Å². The molecule has 1 aromatic heterocycles. The number of aliphatic hydroxyl groups excluding tert-OH is 1. The second-order valence-electron chi connectivity index (χ2n) is 10.3. The van der Waals surface area contributed by atoms with Crippen molar-refractivity contribution < 1.29 is 23.1 Å². The van der Waals surface area contributed by atoms with Crippen LogP contribution in [-0.2, 0) is 19.3 Å². The lowest BCUT2D eigenvalue weighted by Gasteiger charge is -2.36. The van der Waals surface area contributed by atoms with E-state index in [0.717, 1.165) is 6.42 Å². The van der Waals surface area contributed by atoms with Crippen molar-refractivity contribution in [1.29, 1.82) is 0 Å². The standard InChI is InChI=1S/C29H35N5O5S/c1-3-23-19-39-16-15-34(23)26-17-25(29(13-14-29)40(37,38)24-7-5-4-6-8-24)32-27(33-26)21-9-11-22(12-10-21)31-28(36)30-20(2)18-35/h4-12,17,20,23,35H,3,13-16,18-19H2,1-2H3,(H2,30,31,36)/t20-,23-/m0/s1. The molecule has 10 nitrogen and oxygen atoms in total. The molecule has 2 amide bonds. The number of hydrogen-bond acceptors (Lipinski definition) is 8. The third-order valence-corrected chi connectivity index (χ3v) is 10.0. The van der Waals surface area contributed by atoms with E-state index < -0.39 is 20.6 Å².